The molecule has 0 aliphatic heterocycles. The number of hydrogen-bond donors (Lipinski definition) is 0. The summed E-state index contributed by atoms with van der Waals surface area (Å²) in [7, 11) is 0. The summed E-state index contributed by atoms with van der Waals surface area (Å²) in [5, 5.41) is 8.47. The number of alkyl halides is 3. The van der Waals surface area contributed by atoms with Crippen LogP contribution in [-0.2, 0) is 6.18 Å². The molecule has 4 rings (SSSR count). The van der Waals surface area contributed by atoms with Gasteiger partial charge in [-0.2, -0.15) is 28.0 Å². The van der Waals surface area contributed by atoms with Gasteiger partial charge < -0.3 is 0 Å². The SMILES string of the molecule is O=c1c2cnn(-c3ccccc3)c2ncn1/N=C\c1ccc(C(F)(F)F)cc1. The van der Waals surface area contributed by atoms with Gasteiger partial charge in [-0.15, -0.1) is 0 Å². The molecular weight excluding hydrogens is 371 g/mol. The summed E-state index contributed by atoms with van der Waals surface area (Å²) in [6.07, 6.45) is -0.467. The molecule has 0 amide bonds. The number of hydrogen-bond acceptors (Lipinski definition) is 4. The molecule has 0 atom stereocenters. The lowest BCUT2D eigenvalue weighted by molar-refractivity contribution is -0.137. The van der Waals surface area contributed by atoms with Crippen LogP contribution in [0.4, 0.5) is 13.2 Å². The third kappa shape index (κ3) is 3.29. The zero-order valence-electron chi connectivity index (χ0n) is 14.2. The number of halogens is 3. The van der Waals surface area contributed by atoms with Crippen molar-refractivity contribution < 1.29 is 13.2 Å². The molecule has 4 aromatic rings. The van der Waals surface area contributed by atoms with Gasteiger partial charge in [-0.1, -0.05) is 30.3 Å². The van der Waals surface area contributed by atoms with Crippen LogP contribution in [0.25, 0.3) is 16.7 Å². The van der Waals surface area contributed by atoms with Crippen LogP contribution in [0.5, 0.6) is 0 Å². The smallest absolute Gasteiger partial charge is 0.266 e. The first-order valence-electron chi connectivity index (χ1n) is 8.16. The summed E-state index contributed by atoms with van der Waals surface area (Å²) >= 11 is 0. The molecule has 0 saturated carbocycles. The highest BCUT2D eigenvalue weighted by atomic mass is 19.4. The molecule has 0 unspecified atom stereocenters. The number of rotatable bonds is 3. The van der Waals surface area contributed by atoms with E-state index < -0.39 is 17.3 Å². The van der Waals surface area contributed by atoms with Crippen molar-refractivity contribution in [2.24, 2.45) is 5.10 Å². The predicted octanol–water partition coefficient (Wildman–Crippen LogP) is 3.48. The number of para-hydroxylation sites is 1. The lowest BCUT2D eigenvalue weighted by Gasteiger charge is -2.05. The molecule has 2 heterocycles. The van der Waals surface area contributed by atoms with Gasteiger partial charge in [0.2, 0.25) is 0 Å². The Kier molecular flexibility index (Phi) is 4.26. The highest BCUT2D eigenvalue weighted by Crippen LogP contribution is 2.28. The maximum Gasteiger partial charge on any atom is 0.416 e. The molecule has 0 radical (unpaired) electrons. The Labute approximate surface area is 156 Å². The van der Waals surface area contributed by atoms with Gasteiger partial charge in [0, 0.05) is 0 Å². The molecule has 2 aromatic carbocycles. The van der Waals surface area contributed by atoms with E-state index in [0.29, 0.717) is 11.2 Å². The fraction of sp³-hybridized carbons (Fsp3) is 0.0526. The van der Waals surface area contributed by atoms with Crippen molar-refractivity contribution in [1.29, 1.82) is 0 Å². The second-order valence-corrected chi connectivity index (χ2v) is 5.89. The normalized spacial score (nSPS) is 12.1. The second kappa shape index (κ2) is 6.76. The van der Waals surface area contributed by atoms with Crippen LogP contribution >= 0.6 is 0 Å². The maximum absolute atomic E-state index is 12.6. The largest absolute Gasteiger partial charge is 0.416 e. The molecule has 0 N–H and O–H groups in total. The lowest BCUT2D eigenvalue weighted by atomic mass is 10.1. The fourth-order valence-corrected chi connectivity index (χ4v) is 2.63. The van der Waals surface area contributed by atoms with E-state index in [9.17, 15) is 18.0 Å². The summed E-state index contributed by atoms with van der Waals surface area (Å²) in [5.74, 6) is 0. The van der Waals surface area contributed by atoms with Crippen LogP contribution in [0, 0.1) is 0 Å². The zero-order valence-corrected chi connectivity index (χ0v) is 14.2. The van der Waals surface area contributed by atoms with Gasteiger partial charge in [-0.25, -0.2) is 9.67 Å². The summed E-state index contributed by atoms with van der Waals surface area (Å²) < 4.78 is 40.4. The van der Waals surface area contributed by atoms with Gasteiger partial charge >= 0.3 is 6.18 Å². The van der Waals surface area contributed by atoms with Crippen molar-refractivity contribution in [2.45, 2.75) is 6.18 Å². The Balaban J connectivity index is 1.66. The summed E-state index contributed by atoms with van der Waals surface area (Å²) in [5.41, 5.74) is 0.376. The Morgan fingerprint density at radius 3 is 2.39 bits per heavy atom. The van der Waals surface area contributed by atoms with Crippen LogP contribution in [0.3, 0.4) is 0 Å². The number of nitrogens with zero attached hydrogens (tertiary/aromatic N) is 5. The summed E-state index contributed by atoms with van der Waals surface area (Å²) in [6, 6.07) is 13.7. The van der Waals surface area contributed by atoms with Gasteiger partial charge in [0.05, 0.1) is 23.7 Å². The number of benzene rings is 2. The van der Waals surface area contributed by atoms with E-state index in [-0.39, 0.29) is 5.39 Å². The average Bonchev–Trinajstić information content (AvgIpc) is 3.13. The van der Waals surface area contributed by atoms with Gasteiger partial charge in [0.1, 0.15) is 11.7 Å². The summed E-state index contributed by atoms with van der Waals surface area (Å²) in [6.45, 7) is 0. The van der Waals surface area contributed by atoms with Crippen LogP contribution in [0.2, 0.25) is 0 Å². The van der Waals surface area contributed by atoms with E-state index in [1.54, 1.807) is 4.68 Å². The third-order valence-electron chi connectivity index (χ3n) is 4.04. The fourth-order valence-electron chi connectivity index (χ4n) is 2.63. The Morgan fingerprint density at radius 2 is 1.71 bits per heavy atom. The minimum atomic E-state index is -4.40. The number of aromatic nitrogens is 4. The van der Waals surface area contributed by atoms with E-state index >= 15 is 0 Å². The molecule has 9 heteroatoms. The standard InChI is InChI=1S/C19H12F3N5O/c20-19(21,22)14-8-6-13(7-9-14)10-24-26-12-23-17-16(18(26)28)11-25-27(17)15-4-2-1-3-5-15/h1-12H/b24-10-. The first-order valence-corrected chi connectivity index (χ1v) is 8.16. The molecule has 0 aliphatic carbocycles. The van der Waals surface area contributed by atoms with Crippen molar-refractivity contribution >= 4 is 17.2 Å². The molecule has 28 heavy (non-hydrogen) atoms. The van der Waals surface area contributed by atoms with E-state index in [1.165, 1.54) is 30.9 Å². The first-order chi connectivity index (χ1) is 13.4. The van der Waals surface area contributed by atoms with E-state index in [0.717, 1.165) is 22.5 Å². The van der Waals surface area contributed by atoms with Gasteiger partial charge in [-0.3, -0.25) is 4.79 Å². The average molecular weight is 383 g/mol. The zero-order chi connectivity index (χ0) is 19.7. The quantitative estimate of drug-likeness (QED) is 0.509. The highest BCUT2D eigenvalue weighted by molar-refractivity contribution is 5.80. The monoisotopic (exact) mass is 383 g/mol. The van der Waals surface area contributed by atoms with Crippen LogP contribution < -0.4 is 5.56 Å². The molecule has 0 fully saturated rings. The molecule has 0 aliphatic rings. The first kappa shape index (κ1) is 17.7. The maximum atomic E-state index is 12.6. The molecule has 6 nitrogen and oxygen atoms in total. The third-order valence-corrected chi connectivity index (χ3v) is 4.04. The molecule has 2 aromatic heterocycles. The van der Waals surface area contributed by atoms with Crippen LogP contribution in [0.1, 0.15) is 11.1 Å². The molecule has 140 valence electrons. The van der Waals surface area contributed by atoms with Crippen molar-refractivity contribution in [3.63, 3.8) is 0 Å². The van der Waals surface area contributed by atoms with Crippen molar-refractivity contribution in [1.82, 2.24) is 19.4 Å². The van der Waals surface area contributed by atoms with E-state index in [1.807, 2.05) is 30.3 Å². The number of fused-ring (bicyclic) bond motifs is 1. The minimum absolute atomic E-state index is 0.274. The molecule has 0 bridgehead atoms. The summed E-state index contributed by atoms with van der Waals surface area (Å²) in [4.78, 5) is 16.8. The molecule has 0 spiro atoms. The van der Waals surface area contributed by atoms with Gasteiger partial charge in [0.25, 0.3) is 5.56 Å². The van der Waals surface area contributed by atoms with Gasteiger partial charge in [-0.05, 0) is 29.8 Å². The van der Waals surface area contributed by atoms with Crippen LogP contribution in [0.15, 0.2) is 77.0 Å². The van der Waals surface area contributed by atoms with Crippen molar-refractivity contribution in [2.75, 3.05) is 0 Å². The Morgan fingerprint density at radius 1 is 1.00 bits per heavy atom. The van der Waals surface area contributed by atoms with Gasteiger partial charge in [0.15, 0.2) is 5.65 Å². The van der Waals surface area contributed by atoms with E-state index in [2.05, 4.69) is 15.2 Å². The van der Waals surface area contributed by atoms with Crippen molar-refractivity contribution in [3.8, 4) is 5.69 Å². The topological polar surface area (TPSA) is 65.1 Å². The minimum Gasteiger partial charge on any atom is -0.266 e. The highest BCUT2D eigenvalue weighted by Gasteiger charge is 2.29. The Hall–Kier alpha value is -3.75. The predicted molar refractivity (Wildman–Crippen MR) is 97.6 cm³/mol. The van der Waals surface area contributed by atoms with Crippen molar-refractivity contribution in [3.05, 3.63) is 88.6 Å². The van der Waals surface area contributed by atoms with Crippen LogP contribution in [-0.4, -0.2) is 25.7 Å². The second-order valence-electron chi connectivity index (χ2n) is 5.89. The molecular formula is C19H12F3N5O. The van der Waals surface area contributed by atoms with E-state index in [4.69, 9.17) is 0 Å². The lowest BCUT2D eigenvalue weighted by Crippen LogP contribution is -2.17. The molecule has 0 saturated heterocycles. The Bertz CT molecular complexity index is 1210.